The molecular weight excluding hydrogens is 348 g/mol. The Morgan fingerprint density at radius 2 is 1.75 bits per heavy atom. The highest BCUT2D eigenvalue weighted by Gasteiger charge is 2.07. The van der Waals surface area contributed by atoms with Gasteiger partial charge in [0.15, 0.2) is 0 Å². The standard InChI is InChI=1S/C22H24N6/c1-4-28(5-2)19-10-11-20(16(3)14-19)26-21-12-13-24-22(27-21)25-18-8-6-17(15-23)7-9-18/h6-14H,4-5H2,1-3H3,(H2,24,25,26,27). The Balaban J connectivity index is 1.74. The largest absolute Gasteiger partial charge is 0.372 e. The second-order valence-electron chi connectivity index (χ2n) is 6.38. The minimum absolute atomic E-state index is 0.493. The van der Waals surface area contributed by atoms with Crippen molar-refractivity contribution in [3.05, 3.63) is 65.9 Å². The van der Waals surface area contributed by atoms with Gasteiger partial charge in [0, 0.05) is 36.3 Å². The molecule has 0 amide bonds. The van der Waals surface area contributed by atoms with E-state index in [-0.39, 0.29) is 0 Å². The number of hydrogen-bond donors (Lipinski definition) is 2. The van der Waals surface area contributed by atoms with Crippen LogP contribution in [0.3, 0.4) is 0 Å². The number of aryl methyl sites for hydroxylation is 1. The van der Waals surface area contributed by atoms with Gasteiger partial charge in [-0.15, -0.1) is 0 Å². The van der Waals surface area contributed by atoms with Crippen molar-refractivity contribution in [1.29, 1.82) is 5.26 Å². The molecule has 3 aromatic rings. The van der Waals surface area contributed by atoms with E-state index in [0.717, 1.165) is 30.0 Å². The van der Waals surface area contributed by atoms with E-state index in [1.54, 1.807) is 18.3 Å². The fraction of sp³-hybridized carbons (Fsp3) is 0.227. The van der Waals surface area contributed by atoms with Crippen LogP contribution in [0.5, 0.6) is 0 Å². The summed E-state index contributed by atoms with van der Waals surface area (Å²) in [5.74, 6) is 1.21. The van der Waals surface area contributed by atoms with Crippen molar-refractivity contribution >= 4 is 28.8 Å². The van der Waals surface area contributed by atoms with E-state index in [9.17, 15) is 0 Å². The molecular formula is C22H24N6. The van der Waals surface area contributed by atoms with Gasteiger partial charge >= 0.3 is 0 Å². The van der Waals surface area contributed by atoms with Gasteiger partial charge in [-0.25, -0.2) is 4.98 Å². The zero-order valence-corrected chi connectivity index (χ0v) is 16.4. The Morgan fingerprint density at radius 3 is 2.39 bits per heavy atom. The van der Waals surface area contributed by atoms with Crippen molar-refractivity contribution in [1.82, 2.24) is 9.97 Å². The second-order valence-corrected chi connectivity index (χ2v) is 6.38. The SMILES string of the molecule is CCN(CC)c1ccc(Nc2ccnc(Nc3ccc(C#N)cc3)n2)c(C)c1. The van der Waals surface area contributed by atoms with Gasteiger partial charge in [0.1, 0.15) is 5.82 Å². The molecule has 3 rings (SSSR count). The Morgan fingerprint density at radius 1 is 1.00 bits per heavy atom. The molecule has 1 heterocycles. The maximum Gasteiger partial charge on any atom is 0.229 e. The molecule has 0 radical (unpaired) electrons. The highest BCUT2D eigenvalue weighted by molar-refractivity contribution is 5.66. The van der Waals surface area contributed by atoms with Crippen LogP contribution in [0.4, 0.5) is 28.8 Å². The molecule has 0 aliphatic heterocycles. The molecule has 1 aromatic heterocycles. The van der Waals surface area contributed by atoms with E-state index in [4.69, 9.17) is 5.26 Å². The molecule has 0 aliphatic rings. The van der Waals surface area contributed by atoms with Crippen molar-refractivity contribution in [2.45, 2.75) is 20.8 Å². The number of rotatable bonds is 7. The normalized spacial score (nSPS) is 10.2. The number of nitrogens with zero attached hydrogens (tertiary/aromatic N) is 4. The zero-order valence-electron chi connectivity index (χ0n) is 16.4. The predicted molar refractivity (Wildman–Crippen MR) is 114 cm³/mol. The van der Waals surface area contributed by atoms with Crippen molar-refractivity contribution in [3.8, 4) is 6.07 Å². The lowest BCUT2D eigenvalue weighted by Gasteiger charge is -2.22. The monoisotopic (exact) mass is 372 g/mol. The summed E-state index contributed by atoms with van der Waals surface area (Å²) in [5.41, 5.74) is 4.84. The first-order valence-corrected chi connectivity index (χ1v) is 9.35. The minimum atomic E-state index is 0.493. The Labute approximate surface area is 165 Å². The predicted octanol–water partition coefficient (Wildman–Crippen LogP) is 4.99. The van der Waals surface area contributed by atoms with Crippen LogP contribution < -0.4 is 15.5 Å². The van der Waals surface area contributed by atoms with Gasteiger partial charge in [0.2, 0.25) is 5.95 Å². The third-order valence-electron chi connectivity index (χ3n) is 4.53. The lowest BCUT2D eigenvalue weighted by Crippen LogP contribution is -2.21. The van der Waals surface area contributed by atoms with Crippen molar-refractivity contribution in [2.75, 3.05) is 28.6 Å². The Kier molecular flexibility index (Phi) is 6.07. The summed E-state index contributed by atoms with van der Waals surface area (Å²) < 4.78 is 0. The molecule has 0 saturated heterocycles. The molecule has 6 nitrogen and oxygen atoms in total. The summed E-state index contributed by atoms with van der Waals surface area (Å²) in [6.07, 6.45) is 1.71. The maximum absolute atomic E-state index is 8.89. The van der Waals surface area contributed by atoms with Crippen LogP contribution in [0, 0.1) is 18.3 Å². The molecule has 2 N–H and O–H groups in total. The molecule has 0 fully saturated rings. The van der Waals surface area contributed by atoms with Crippen molar-refractivity contribution in [2.24, 2.45) is 0 Å². The van der Waals surface area contributed by atoms with Crippen LogP contribution in [-0.4, -0.2) is 23.1 Å². The topological polar surface area (TPSA) is 76.9 Å². The van der Waals surface area contributed by atoms with Gasteiger partial charge in [-0.1, -0.05) is 0 Å². The summed E-state index contributed by atoms with van der Waals surface area (Å²) in [4.78, 5) is 11.1. The van der Waals surface area contributed by atoms with E-state index in [1.807, 2.05) is 18.2 Å². The first kappa shape index (κ1) is 19.2. The van der Waals surface area contributed by atoms with Gasteiger partial charge in [-0.2, -0.15) is 10.2 Å². The lowest BCUT2D eigenvalue weighted by molar-refractivity contribution is 0.866. The van der Waals surface area contributed by atoms with Crippen LogP contribution in [-0.2, 0) is 0 Å². The summed E-state index contributed by atoms with van der Waals surface area (Å²) >= 11 is 0. The summed E-state index contributed by atoms with van der Waals surface area (Å²) in [7, 11) is 0. The fourth-order valence-electron chi connectivity index (χ4n) is 2.96. The Bertz CT molecular complexity index is 971. The highest BCUT2D eigenvalue weighted by Crippen LogP contribution is 2.25. The number of benzene rings is 2. The highest BCUT2D eigenvalue weighted by atomic mass is 15.1. The quantitative estimate of drug-likeness (QED) is 0.608. The van der Waals surface area contributed by atoms with E-state index < -0.39 is 0 Å². The molecule has 0 bridgehead atoms. The smallest absolute Gasteiger partial charge is 0.229 e. The van der Waals surface area contributed by atoms with Crippen molar-refractivity contribution in [3.63, 3.8) is 0 Å². The van der Waals surface area contributed by atoms with Gasteiger partial charge in [-0.3, -0.25) is 0 Å². The molecule has 0 aliphatic carbocycles. The second kappa shape index (κ2) is 8.87. The summed E-state index contributed by atoms with van der Waals surface area (Å²) in [5, 5.41) is 15.4. The third-order valence-corrected chi connectivity index (χ3v) is 4.53. The van der Waals surface area contributed by atoms with Gasteiger partial charge in [-0.05, 0) is 74.9 Å². The Hall–Kier alpha value is -3.59. The first-order valence-electron chi connectivity index (χ1n) is 9.35. The molecule has 0 saturated carbocycles. The summed E-state index contributed by atoms with van der Waals surface area (Å²) in [6, 6.07) is 17.5. The van der Waals surface area contributed by atoms with Crippen LogP contribution in [0.2, 0.25) is 0 Å². The molecule has 6 heteroatoms. The maximum atomic E-state index is 8.89. The lowest BCUT2D eigenvalue weighted by atomic mass is 10.1. The number of anilines is 5. The van der Waals surface area contributed by atoms with Crippen LogP contribution in [0.1, 0.15) is 25.0 Å². The molecule has 142 valence electrons. The van der Waals surface area contributed by atoms with E-state index in [0.29, 0.717) is 17.3 Å². The van der Waals surface area contributed by atoms with Crippen molar-refractivity contribution < 1.29 is 0 Å². The number of aromatic nitrogens is 2. The fourth-order valence-corrected chi connectivity index (χ4v) is 2.96. The molecule has 28 heavy (non-hydrogen) atoms. The van der Waals surface area contributed by atoms with E-state index in [2.05, 4.69) is 70.5 Å². The molecule has 0 unspecified atom stereocenters. The van der Waals surface area contributed by atoms with Crippen LogP contribution in [0.15, 0.2) is 54.7 Å². The average Bonchev–Trinajstić information content (AvgIpc) is 2.72. The van der Waals surface area contributed by atoms with E-state index in [1.165, 1.54) is 5.69 Å². The van der Waals surface area contributed by atoms with Crippen LogP contribution >= 0.6 is 0 Å². The third kappa shape index (κ3) is 4.57. The van der Waals surface area contributed by atoms with Gasteiger partial charge in [0.05, 0.1) is 11.6 Å². The number of hydrogen-bond acceptors (Lipinski definition) is 6. The zero-order chi connectivity index (χ0) is 19.9. The number of nitrogens with one attached hydrogen (secondary N) is 2. The minimum Gasteiger partial charge on any atom is -0.372 e. The van der Waals surface area contributed by atoms with E-state index >= 15 is 0 Å². The summed E-state index contributed by atoms with van der Waals surface area (Å²) in [6.45, 7) is 8.38. The van der Waals surface area contributed by atoms with Gasteiger partial charge < -0.3 is 15.5 Å². The molecule has 0 atom stereocenters. The molecule has 0 spiro atoms. The molecule has 2 aromatic carbocycles. The average molecular weight is 372 g/mol. The van der Waals surface area contributed by atoms with Crippen LogP contribution in [0.25, 0.3) is 0 Å². The number of nitriles is 1. The first-order chi connectivity index (χ1) is 13.6. The van der Waals surface area contributed by atoms with Gasteiger partial charge in [0.25, 0.3) is 0 Å².